The maximum Gasteiger partial charge on any atom is 0.410 e. The van der Waals surface area contributed by atoms with Crippen LogP contribution < -0.4 is 5.32 Å². The number of nitrogens with zero attached hydrogens (tertiary/aromatic N) is 1. The van der Waals surface area contributed by atoms with Crippen LogP contribution in [0.5, 0.6) is 17.2 Å². The van der Waals surface area contributed by atoms with E-state index in [1.165, 1.54) is 41.3 Å². The van der Waals surface area contributed by atoms with Gasteiger partial charge in [0.1, 0.15) is 52.3 Å². The summed E-state index contributed by atoms with van der Waals surface area (Å²) in [7, 11) is 0. The van der Waals surface area contributed by atoms with Gasteiger partial charge in [0, 0.05) is 12.1 Å². The van der Waals surface area contributed by atoms with Crippen LogP contribution in [0.2, 0.25) is 0 Å². The van der Waals surface area contributed by atoms with Crippen molar-refractivity contribution >= 4 is 29.7 Å². The zero-order valence-electron chi connectivity index (χ0n) is 27.6. The number of ether oxygens (including phenoxy) is 3. The monoisotopic (exact) mass is 678 g/mol. The fraction of sp³-hybridized carbons (Fsp3) is 0.371. The molecule has 2 aromatic rings. The number of phenolic OH excluding ortho intramolecular Hbond substituents is 3. The number of Topliss-reactive ketones (excluding diaryl/α,β-unsaturated/α-hetero) is 1. The topological polar surface area (TPSA) is 209 Å². The number of benzene rings is 2. The predicted octanol–water partition coefficient (Wildman–Crippen LogP) is 3.18. The highest BCUT2D eigenvalue weighted by Gasteiger charge is 2.41. The predicted molar refractivity (Wildman–Crippen MR) is 173 cm³/mol. The van der Waals surface area contributed by atoms with Gasteiger partial charge in [0.15, 0.2) is 0 Å². The smallest absolute Gasteiger partial charge is 0.410 e. The van der Waals surface area contributed by atoms with Gasteiger partial charge in [-0.1, -0.05) is 13.8 Å². The van der Waals surface area contributed by atoms with Crippen molar-refractivity contribution in [1.82, 2.24) is 10.2 Å². The van der Waals surface area contributed by atoms with Crippen LogP contribution in [0.3, 0.4) is 0 Å². The van der Waals surface area contributed by atoms with E-state index in [4.69, 9.17) is 14.2 Å². The van der Waals surface area contributed by atoms with Gasteiger partial charge < -0.3 is 44.9 Å². The number of carbonyl (C=O) groups excluding carboxylic acids is 5. The van der Waals surface area contributed by atoms with Crippen molar-refractivity contribution in [2.45, 2.75) is 58.5 Å². The zero-order chi connectivity index (χ0) is 36.2. The van der Waals surface area contributed by atoms with Gasteiger partial charge in [-0.25, -0.2) is 14.4 Å². The molecule has 4 rings (SSSR count). The molecule has 0 bridgehead atoms. The van der Waals surface area contributed by atoms with E-state index in [-0.39, 0.29) is 53.8 Å². The summed E-state index contributed by atoms with van der Waals surface area (Å²) in [5.41, 5.74) is -2.40. The van der Waals surface area contributed by atoms with Crippen LogP contribution in [-0.2, 0) is 19.0 Å². The van der Waals surface area contributed by atoms with Gasteiger partial charge >= 0.3 is 12.1 Å². The Bertz CT molecular complexity index is 1720. The normalized spacial score (nSPS) is 19.0. The largest absolute Gasteiger partial charge is 0.508 e. The average molecular weight is 679 g/mol. The second-order valence-corrected chi connectivity index (χ2v) is 13.0. The number of nitrogens with one attached hydrogen (secondary N) is 1. The third kappa shape index (κ3) is 8.66. The number of likely N-dealkylation sites (tertiary alicyclic amines) is 1. The number of amides is 2. The number of allylic oxidation sites excluding steroid dienone is 1. The van der Waals surface area contributed by atoms with Crippen molar-refractivity contribution < 1.29 is 58.6 Å². The van der Waals surface area contributed by atoms with E-state index in [1.807, 2.05) is 13.8 Å². The third-order valence-electron chi connectivity index (χ3n) is 7.36. The molecule has 260 valence electrons. The number of ketones is 1. The first-order chi connectivity index (χ1) is 23.0. The highest BCUT2D eigenvalue weighted by atomic mass is 16.6. The number of aliphatic hydroxyl groups is 1. The van der Waals surface area contributed by atoms with E-state index >= 15 is 0 Å². The van der Waals surface area contributed by atoms with Gasteiger partial charge in [-0.15, -0.1) is 0 Å². The molecule has 3 atom stereocenters. The Hall–Kier alpha value is -5.59. The molecule has 1 fully saturated rings. The van der Waals surface area contributed by atoms with Crippen LogP contribution in [0.15, 0.2) is 65.5 Å². The van der Waals surface area contributed by atoms with E-state index in [2.05, 4.69) is 5.32 Å². The number of carbonyl (C=O) groups is 4. The quantitative estimate of drug-likeness (QED) is 0.147. The Balaban J connectivity index is 1.60. The van der Waals surface area contributed by atoms with E-state index in [0.717, 1.165) is 12.1 Å². The molecule has 1 heterocycles. The molecule has 2 aromatic carbocycles. The number of rotatable bonds is 9. The Kier molecular flexibility index (Phi) is 10.9. The molecule has 1 aliphatic carbocycles. The summed E-state index contributed by atoms with van der Waals surface area (Å²) in [6, 6.07) is 6.23. The first kappa shape index (κ1) is 36.2. The maximum absolute atomic E-state index is 13.6. The van der Waals surface area contributed by atoms with Crippen LogP contribution >= 0.6 is 0 Å². The number of hydrogen-bond donors (Lipinski definition) is 5. The van der Waals surface area contributed by atoms with Crippen LogP contribution in [-0.4, -0.2) is 98.6 Å². The Morgan fingerprint density at radius 2 is 1.61 bits per heavy atom. The van der Waals surface area contributed by atoms with Crippen molar-refractivity contribution in [3.63, 3.8) is 0 Å². The summed E-state index contributed by atoms with van der Waals surface area (Å²) >= 11 is 0. The van der Waals surface area contributed by atoms with Crippen molar-refractivity contribution in [1.29, 1.82) is 0 Å². The highest BCUT2D eigenvalue weighted by Crippen LogP contribution is 2.36. The van der Waals surface area contributed by atoms with Gasteiger partial charge in [-0.3, -0.25) is 9.59 Å². The minimum Gasteiger partial charge on any atom is -0.508 e. The summed E-state index contributed by atoms with van der Waals surface area (Å²) < 4.78 is 16.7. The molecule has 1 unspecified atom stereocenters. The standard InChI is InChI=1S/C35H38N2O12/c1-18(2)17-47-26-11-8-20(16-38)30(42)29(26)31(43)28-24(40)12-21(13-25(28)41)33(45)48-27-15-37(34(46)49-35(3,4)5)14-23(27)36-32(44)19-6-9-22(39)10-7-19/h6-13,18,23,27,30,39-42H,14-15,17H2,1-5H3,(H,36,44)/t23-,27-,30?/m1/s1. The Labute approximate surface area is 281 Å². The molecule has 0 radical (unpaired) electrons. The minimum absolute atomic E-state index is 0.0290. The van der Waals surface area contributed by atoms with Crippen LogP contribution in [0.4, 0.5) is 4.79 Å². The first-order valence-electron chi connectivity index (χ1n) is 15.4. The maximum atomic E-state index is 13.6. The van der Waals surface area contributed by atoms with Crippen molar-refractivity contribution in [3.05, 3.63) is 82.1 Å². The molecule has 14 nitrogen and oxygen atoms in total. The fourth-order valence-corrected chi connectivity index (χ4v) is 5.02. The average Bonchev–Trinajstić information content (AvgIpc) is 3.40. The first-order valence-corrected chi connectivity index (χ1v) is 15.4. The molecule has 0 aromatic heterocycles. The second-order valence-electron chi connectivity index (χ2n) is 13.0. The SMILES string of the molecule is CC(C)COC1=C(C(=O)c2c(O)cc(C(=O)O[C@@H]3CN(C(=O)OC(C)(C)C)C[C@H]3NC(=O)c3ccc(O)cc3)cc2O)C(O)C(=C=O)C=C1. The van der Waals surface area contributed by atoms with E-state index in [1.54, 1.807) is 26.7 Å². The van der Waals surface area contributed by atoms with Crippen molar-refractivity contribution in [2.75, 3.05) is 19.7 Å². The van der Waals surface area contributed by atoms with Gasteiger partial charge in [-0.2, -0.15) is 0 Å². The molecule has 2 amide bonds. The summed E-state index contributed by atoms with van der Waals surface area (Å²) in [6.45, 7) is 8.61. The molecule has 1 saturated heterocycles. The lowest BCUT2D eigenvalue weighted by Crippen LogP contribution is -2.44. The fourth-order valence-electron chi connectivity index (χ4n) is 5.02. The number of esters is 1. The van der Waals surface area contributed by atoms with Gasteiger partial charge in [0.25, 0.3) is 5.91 Å². The van der Waals surface area contributed by atoms with Crippen LogP contribution in [0.1, 0.15) is 65.7 Å². The molecule has 49 heavy (non-hydrogen) atoms. The summed E-state index contributed by atoms with van der Waals surface area (Å²) in [5, 5.41) is 44.7. The van der Waals surface area contributed by atoms with Crippen molar-refractivity contribution in [3.8, 4) is 17.2 Å². The molecule has 0 saturated carbocycles. The van der Waals surface area contributed by atoms with Crippen molar-refractivity contribution in [2.24, 2.45) is 5.92 Å². The van der Waals surface area contributed by atoms with E-state index < -0.39 is 70.2 Å². The molecule has 14 heteroatoms. The van der Waals surface area contributed by atoms with Gasteiger partial charge in [0.05, 0.1) is 35.9 Å². The summed E-state index contributed by atoms with van der Waals surface area (Å²) in [5.74, 6) is -2.96. The number of hydrogen-bond acceptors (Lipinski definition) is 12. The van der Waals surface area contributed by atoms with Crippen LogP contribution in [0, 0.1) is 5.92 Å². The summed E-state index contributed by atoms with van der Waals surface area (Å²) in [4.78, 5) is 65.4. The number of aromatic hydroxyl groups is 3. The lowest BCUT2D eigenvalue weighted by atomic mass is 9.89. The van der Waals surface area contributed by atoms with Crippen LogP contribution in [0.25, 0.3) is 0 Å². The minimum atomic E-state index is -1.77. The van der Waals surface area contributed by atoms with Gasteiger partial charge in [-0.05, 0) is 75.2 Å². The molecule has 5 N–H and O–H groups in total. The van der Waals surface area contributed by atoms with E-state index in [0.29, 0.717) is 0 Å². The lowest BCUT2D eigenvalue weighted by Gasteiger charge is -2.24. The zero-order valence-corrected chi connectivity index (χ0v) is 27.6. The van der Waals surface area contributed by atoms with Gasteiger partial charge in [0.2, 0.25) is 5.78 Å². The third-order valence-corrected chi connectivity index (χ3v) is 7.36. The molecule has 1 aliphatic heterocycles. The molecular weight excluding hydrogens is 640 g/mol. The number of phenols is 3. The highest BCUT2D eigenvalue weighted by molar-refractivity contribution is 6.14. The Morgan fingerprint density at radius 1 is 0.980 bits per heavy atom. The molecular formula is C35H38N2O12. The van der Waals surface area contributed by atoms with E-state index in [9.17, 15) is 44.4 Å². The Morgan fingerprint density at radius 3 is 2.18 bits per heavy atom. The number of aliphatic hydroxyl groups excluding tert-OH is 1. The summed E-state index contributed by atoms with van der Waals surface area (Å²) in [6.07, 6.45) is -1.08. The second kappa shape index (κ2) is 14.7. The lowest BCUT2D eigenvalue weighted by molar-refractivity contribution is 0.0177. The molecule has 0 spiro atoms. The molecule has 2 aliphatic rings.